The number of urea groups is 1. The lowest BCUT2D eigenvalue weighted by Gasteiger charge is -2.46. The highest BCUT2D eigenvalue weighted by Gasteiger charge is 2.48. The predicted octanol–water partition coefficient (Wildman–Crippen LogP) is 3.21. The van der Waals surface area contributed by atoms with Crippen LogP contribution in [0.15, 0.2) is 53.3 Å². The molecule has 3 amide bonds. The van der Waals surface area contributed by atoms with Crippen LogP contribution in [0.4, 0.5) is 16.3 Å². The monoisotopic (exact) mass is 498 g/mol. The first-order chi connectivity index (χ1) is 15.3. The van der Waals surface area contributed by atoms with Crippen molar-refractivity contribution in [1.29, 1.82) is 0 Å². The molecule has 1 saturated heterocycles. The van der Waals surface area contributed by atoms with Gasteiger partial charge in [0.2, 0.25) is 5.72 Å². The first kappa shape index (κ1) is 22.0. The number of nitrogens with zero attached hydrogens (tertiary/aromatic N) is 4. The number of benzene rings is 2. The van der Waals surface area contributed by atoms with E-state index in [1.54, 1.807) is 24.0 Å². The van der Waals surface area contributed by atoms with Crippen molar-refractivity contribution < 1.29 is 14.3 Å². The molecule has 9 nitrogen and oxygen atoms in total. The molecule has 4 rings (SSSR count). The lowest BCUT2D eigenvalue weighted by Crippen LogP contribution is -2.67. The van der Waals surface area contributed by atoms with Crippen molar-refractivity contribution in [3.8, 4) is 0 Å². The largest absolute Gasteiger partial charge is 0.383 e. The minimum Gasteiger partial charge on any atom is -0.383 e. The Bertz CT molecular complexity index is 1170. The second kappa shape index (κ2) is 8.71. The topological polar surface area (TPSA) is 114 Å². The van der Waals surface area contributed by atoms with Crippen LogP contribution in [0, 0.1) is 0 Å². The molecule has 3 aromatic rings. The summed E-state index contributed by atoms with van der Waals surface area (Å²) in [5, 5.41) is 3.59. The Morgan fingerprint density at radius 2 is 1.97 bits per heavy atom. The Labute approximate surface area is 193 Å². The Kier molecular flexibility index (Phi) is 5.98. The van der Waals surface area contributed by atoms with E-state index < -0.39 is 11.8 Å². The van der Waals surface area contributed by atoms with E-state index in [0.717, 1.165) is 15.4 Å². The molecule has 1 aliphatic rings. The molecule has 32 heavy (non-hydrogen) atoms. The minimum atomic E-state index is -1.43. The number of nitrogens with two attached hydrogens (primary N) is 1. The Morgan fingerprint density at radius 3 is 2.69 bits per heavy atom. The van der Waals surface area contributed by atoms with E-state index in [1.807, 2.05) is 30.3 Å². The van der Waals surface area contributed by atoms with Gasteiger partial charge in [0.25, 0.3) is 5.91 Å². The summed E-state index contributed by atoms with van der Waals surface area (Å²) < 4.78 is 6.47. The summed E-state index contributed by atoms with van der Waals surface area (Å²) in [7, 11) is 1.43. The van der Waals surface area contributed by atoms with E-state index in [1.165, 1.54) is 18.3 Å². The first-order valence-corrected chi connectivity index (χ1v) is 10.8. The molecule has 10 heteroatoms. The summed E-state index contributed by atoms with van der Waals surface area (Å²) in [4.78, 5) is 37.6. The summed E-state index contributed by atoms with van der Waals surface area (Å²) in [6, 6.07) is 12.4. The van der Waals surface area contributed by atoms with E-state index >= 15 is 0 Å². The third kappa shape index (κ3) is 4.11. The fraction of sp³-hybridized carbons (Fsp3) is 0.273. The number of amides is 3. The molecule has 0 bridgehead atoms. The number of nitrogen functional groups attached to an aromatic ring is 1. The third-order valence-corrected chi connectivity index (χ3v) is 6.16. The highest BCUT2D eigenvalue weighted by molar-refractivity contribution is 9.10. The fourth-order valence-electron chi connectivity index (χ4n) is 3.75. The normalized spacial score (nSPS) is 18.8. The molecule has 0 saturated carbocycles. The molecule has 1 aliphatic heterocycles. The highest BCUT2D eigenvalue weighted by Crippen LogP contribution is 2.27. The summed E-state index contributed by atoms with van der Waals surface area (Å²) >= 11 is 3.37. The molecule has 3 N–H and O–H groups in total. The van der Waals surface area contributed by atoms with Crippen LogP contribution in [0.5, 0.6) is 0 Å². The number of carbonyl (C=O) groups excluding carboxylic acids is 2. The van der Waals surface area contributed by atoms with Crippen LogP contribution in [-0.2, 0) is 16.1 Å². The number of nitrogens with one attached hydrogen (secondary N) is 1. The zero-order valence-corrected chi connectivity index (χ0v) is 19.3. The van der Waals surface area contributed by atoms with Crippen molar-refractivity contribution in [1.82, 2.24) is 19.8 Å². The predicted molar refractivity (Wildman–Crippen MR) is 125 cm³/mol. The van der Waals surface area contributed by atoms with Crippen LogP contribution < -0.4 is 11.1 Å². The van der Waals surface area contributed by atoms with Crippen LogP contribution in [0.25, 0.3) is 10.9 Å². The van der Waals surface area contributed by atoms with Crippen LogP contribution in [0.2, 0.25) is 0 Å². The van der Waals surface area contributed by atoms with Gasteiger partial charge in [-0.3, -0.25) is 9.69 Å². The fourth-order valence-corrected chi connectivity index (χ4v) is 4.02. The van der Waals surface area contributed by atoms with Crippen molar-refractivity contribution in [3.05, 3.63) is 58.8 Å². The lowest BCUT2D eigenvalue weighted by molar-refractivity contribution is -0.181. The SMILES string of the molecule is CO[C@@]1(C)C(=O)N(Cc2ccc3c(N)ncnc3c2)CCN1C(=O)Nc1ccc(Br)cc1. The number of halogens is 1. The number of rotatable bonds is 4. The van der Waals surface area contributed by atoms with Gasteiger partial charge in [0.05, 0.1) is 5.52 Å². The summed E-state index contributed by atoms with van der Waals surface area (Å²) in [5.74, 6) is 0.120. The number of fused-ring (bicyclic) bond motifs is 1. The van der Waals surface area contributed by atoms with Crippen LogP contribution in [-0.4, -0.2) is 57.6 Å². The molecular weight excluding hydrogens is 476 g/mol. The highest BCUT2D eigenvalue weighted by atomic mass is 79.9. The lowest BCUT2D eigenvalue weighted by atomic mass is 10.1. The van der Waals surface area contributed by atoms with Gasteiger partial charge in [-0.05, 0) is 48.9 Å². The number of aromatic nitrogens is 2. The van der Waals surface area contributed by atoms with Crippen LogP contribution in [0.1, 0.15) is 12.5 Å². The number of anilines is 2. The molecule has 0 unspecified atom stereocenters. The second-order valence-electron chi connectivity index (χ2n) is 7.61. The molecule has 0 spiro atoms. The molecule has 1 aromatic heterocycles. The van der Waals surface area contributed by atoms with Crippen LogP contribution in [0.3, 0.4) is 0 Å². The van der Waals surface area contributed by atoms with Crippen molar-refractivity contribution >= 4 is 50.3 Å². The summed E-state index contributed by atoms with van der Waals surface area (Å²) in [6.07, 6.45) is 1.41. The quantitative estimate of drug-likeness (QED) is 0.570. The number of carbonyl (C=O) groups is 2. The van der Waals surface area contributed by atoms with E-state index in [9.17, 15) is 9.59 Å². The van der Waals surface area contributed by atoms with E-state index in [4.69, 9.17) is 10.5 Å². The smallest absolute Gasteiger partial charge is 0.324 e. The van der Waals surface area contributed by atoms with Crippen molar-refractivity contribution in [2.75, 3.05) is 31.2 Å². The third-order valence-electron chi connectivity index (χ3n) is 5.64. The van der Waals surface area contributed by atoms with Gasteiger partial charge >= 0.3 is 6.03 Å². The number of hydrogen-bond acceptors (Lipinski definition) is 6. The molecular formula is C22H23BrN6O3. The summed E-state index contributed by atoms with van der Waals surface area (Å²) in [6.45, 7) is 2.66. The van der Waals surface area contributed by atoms with Gasteiger partial charge in [-0.2, -0.15) is 0 Å². The Morgan fingerprint density at radius 1 is 1.22 bits per heavy atom. The molecule has 2 heterocycles. The van der Waals surface area contributed by atoms with E-state index in [2.05, 4.69) is 31.2 Å². The molecule has 1 fully saturated rings. The average Bonchev–Trinajstić information content (AvgIpc) is 2.78. The maximum Gasteiger partial charge on any atom is 0.324 e. The average molecular weight is 499 g/mol. The van der Waals surface area contributed by atoms with E-state index in [-0.39, 0.29) is 5.91 Å². The number of piperazine rings is 1. The zero-order chi connectivity index (χ0) is 22.9. The second-order valence-corrected chi connectivity index (χ2v) is 8.53. The molecule has 0 radical (unpaired) electrons. The standard InChI is InChI=1S/C22H23BrN6O3/c1-22(32-2)20(30)28(12-14-3-8-17-18(11-14)25-13-26-19(17)24)9-10-29(22)21(31)27-16-6-4-15(23)5-7-16/h3-8,11,13H,9-10,12H2,1-2H3,(H,27,31)(H2,24,25,26)/t22-/m0/s1. The van der Waals surface area contributed by atoms with Gasteiger partial charge in [-0.25, -0.2) is 14.8 Å². The Hall–Kier alpha value is -3.24. The van der Waals surface area contributed by atoms with Gasteiger partial charge in [0, 0.05) is 42.3 Å². The minimum absolute atomic E-state index is 0.292. The zero-order valence-electron chi connectivity index (χ0n) is 17.7. The maximum absolute atomic E-state index is 13.3. The van der Waals surface area contributed by atoms with Gasteiger partial charge in [-0.15, -0.1) is 0 Å². The number of methoxy groups -OCH3 is 1. The van der Waals surface area contributed by atoms with Gasteiger partial charge < -0.3 is 20.7 Å². The molecule has 2 aromatic carbocycles. The Balaban J connectivity index is 1.51. The van der Waals surface area contributed by atoms with Crippen molar-refractivity contribution in [3.63, 3.8) is 0 Å². The van der Waals surface area contributed by atoms with E-state index in [0.29, 0.717) is 36.7 Å². The molecule has 166 valence electrons. The van der Waals surface area contributed by atoms with Crippen molar-refractivity contribution in [2.24, 2.45) is 0 Å². The summed E-state index contributed by atoms with van der Waals surface area (Å²) in [5.41, 5.74) is 6.70. The van der Waals surface area contributed by atoms with Gasteiger partial charge in [-0.1, -0.05) is 22.0 Å². The number of hydrogen-bond donors (Lipinski definition) is 2. The maximum atomic E-state index is 13.3. The molecule has 0 aliphatic carbocycles. The number of ether oxygens (including phenoxy) is 1. The first-order valence-electron chi connectivity index (χ1n) is 9.99. The van der Waals surface area contributed by atoms with Gasteiger partial charge in [0.15, 0.2) is 0 Å². The van der Waals surface area contributed by atoms with Gasteiger partial charge in [0.1, 0.15) is 12.1 Å². The molecule has 1 atom stereocenters. The van der Waals surface area contributed by atoms with Crippen LogP contribution >= 0.6 is 15.9 Å². The van der Waals surface area contributed by atoms with Crippen molar-refractivity contribution in [2.45, 2.75) is 19.2 Å².